The Balaban J connectivity index is 1.31. The second-order valence-corrected chi connectivity index (χ2v) is 7.56. The molecule has 1 fully saturated rings. The molecule has 1 aliphatic rings. The molecule has 142 valence electrons. The van der Waals surface area contributed by atoms with Gasteiger partial charge in [0.05, 0.1) is 24.2 Å². The van der Waals surface area contributed by atoms with Crippen LogP contribution in [0, 0.1) is 0 Å². The van der Waals surface area contributed by atoms with Crippen LogP contribution in [0.3, 0.4) is 0 Å². The molecule has 1 amide bonds. The molecule has 0 saturated carbocycles. The minimum Gasteiger partial charge on any atom is -0.455 e. The van der Waals surface area contributed by atoms with E-state index in [2.05, 4.69) is 20.2 Å². The van der Waals surface area contributed by atoms with Crippen molar-refractivity contribution in [3.8, 4) is 0 Å². The summed E-state index contributed by atoms with van der Waals surface area (Å²) in [5.41, 5.74) is -0.820. The van der Waals surface area contributed by atoms with Crippen LogP contribution in [0.5, 0.6) is 0 Å². The van der Waals surface area contributed by atoms with E-state index in [1.54, 1.807) is 29.6 Å². The average molecular weight is 388 g/mol. The van der Waals surface area contributed by atoms with Gasteiger partial charge in [-0.15, -0.1) is 0 Å². The largest absolute Gasteiger partial charge is 0.455 e. The zero-order valence-corrected chi connectivity index (χ0v) is 15.4. The standard InChI is InChI=1S/C17H20N6O3S/c24-15(14-2-1-13(26-14)9-27-16-19-11-20-21-16)23-6-3-17(25,4-7-23)10-22-8-5-18-12-22/h1-2,5,8,11-12,25H,3-4,6-7,9-10H2,(H,19,20,21). The number of furan rings is 1. The molecule has 10 heteroatoms. The Labute approximate surface area is 159 Å². The summed E-state index contributed by atoms with van der Waals surface area (Å²) in [5.74, 6) is 1.44. The third kappa shape index (κ3) is 4.22. The van der Waals surface area contributed by atoms with Gasteiger partial charge in [-0.2, -0.15) is 5.10 Å². The number of imidazole rings is 1. The lowest BCUT2D eigenvalue weighted by Crippen LogP contribution is -2.48. The minimum atomic E-state index is -0.820. The zero-order valence-electron chi connectivity index (χ0n) is 14.6. The summed E-state index contributed by atoms with van der Waals surface area (Å²) in [7, 11) is 0. The molecule has 9 nitrogen and oxygen atoms in total. The first-order valence-corrected chi connectivity index (χ1v) is 9.64. The number of aromatic amines is 1. The maximum atomic E-state index is 12.7. The highest BCUT2D eigenvalue weighted by Crippen LogP contribution is 2.26. The molecule has 0 spiro atoms. The predicted octanol–water partition coefficient (Wildman–Crippen LogP) is 1.55. The van der Waals surface area contributed by atoms with Crippen LogP contribution in [-0.2, 0) is 12.3 Å². The van der Waals surface area contributed by atoms with Gasteiger partial charge in [0.2, 0.25) is 0 Å². The van der Waals surface area contributed by atoms with E-state index in [1.807, 2.05) is 10.8 Å². The molecular weight excluding hydrogens is 368 g/mol. The number of carbonyl (C=O) groups excluding carboxylic acids is 1. The molecule has 1 saturated heterocycles. The molecule has 0 atom stereocenters. The van der Waals surface area contributed by atoms with Gasteiger partial charge in [0.25, 0.3) is 5.91 Å². The Kier molecular flexibility index (Phi) is 4.99. The number of carbonyl (C=O) groups is 1. The van der Waals surface area contributed by atoms with Crippen LogP contribution in [-0.4, -0.2) is 59.3 Å². The topological polar surface area (TPSA) is 113 Å². The van der Waals surface area contributed by atoms with Crippen molar-refractivity contribution in [1.29, 1.82) is 0 Å². The fraction of sp³-hybridized carbons (Fsp3) is 0.412. The SMILES string of the molecule is O=C(c1ccc(CSc2ncn[nH]2)o1)N1CCC(O)(Cn2ccnc2)CC1. The number of nitrogens with zero attached hydrogens (tertiary/aromatic N) is 5. The number of nitrogens with one attached hydrogen (secondary N) is 1. The van der Waals surface area contributed by atoms with Gasteiger partial charge in [0.15, 0.2) is 10.9 Å². The van der Waals surface area contributed by atoms with E-state index in [9.17, 15) is 9.90 Å². The summed E-state index contributed by atoms with van der Waals surface area (Å²) in [6, 6.07) is 3.50. The second kappa shape index (κ2) is 7.57. The molecule has 27 heavy (non-hydrogen) atoms. The first-order valence-electron chi connectivity index (χ1n) is 8.66. The van der Waals surface area contributed by atoms with Crippen LogP contribution in [0.2, 0.25) is 0 Å². The molecule has 2 N–H and O–H groups in total. The summed E-state index contributed by atoms with van der Waals surface area (Å²) < 4.78 is 7.55. The lowest BCUT2D eigenvalue weighted by Gasteiger charge is -2.38. The quantitative estimate of drug-likeness (QED) is 0.616. The Bertz CT molecular complexity index is 869. The van der Waals surface area contributed by atoms with Crippen molar-refractivity contribution in [3.63, 3.8) is 0 Å². The Morgan fingerprint density at radius 1 is 1.37 bits per heavy atom. The van der Waals surface area contributed by atoms with Crippen molar-refractivity contribution in [3.05, 3.63) is 48.7 Å². The van der Waals surface area contributed by atoms with E-state index in [1.165, 1.54) is 18.1 Å². The Morgan fingerprint density at radius 3 is 2.93 bits per heavy atom. The van der Waals surface area contributed by atoms with Gasteiger partial charge >= 0.3 is 0 Å². The highest BCUT2D eigenvalue weighted by Gasteiger charge is 2.35. The van der Waals surface area contributed by atoms with Gasteiger partial charge in [0, 0.05) is 25.5 Å². The number of piperidine rings is 1. The zero-order chi connectivity index (χ0) is 18.7. The molecule has 0 unspecified atom stereocenters. The molecular formula is C17H20N6O3S. The van der Waals surface area contributed by atoms with Crippen molar-refractivity contribution >= 4 is 17.7 Å². The number of hydrogen-bond acceptors (Lipinski definition) is 7. The van der Waals surface area contributed by atoms with Gasteiger partial charge in [-0.05, 0) is 25.0 Å². The molecule has 0 radical (unpaired) electrons. The molecule has 3 aromatic rings. The highest BCUT2D eigenvalue weighted by molar-refractivity contribution is 7.98. The normalized spacial score (nSPS) is 16.6. The Morgan fingerprint density at radius 2 is 2.22 bits per heavy atom. The monoisotopic (exact) mass is 388 g/mol. The van der Waals surface area contributed by atoms with E-state index in [4.69, 9.17) is 4.42 Å². The van der Waals surface area contributed by atoms with E-state index in [0.717, 1.165) is 0 Å². The maximum absolute atomic E-state index is 12.7. The van der Waals surface area contributed by atoms with Crippen LogP contribution < -0.4 is 0 Å². The van der Waals surface area contributed by atoms with Gasteiger partial charge in [0.1, 0.15) is 12.1 Å². The number of hydrogen-bond donors (Lipinski definition) is 2. The van der Waals surface area contributed by atoms with Crippen molar-refractivity contribution < 1.29 is 14.3 Å². The van der Waals surface area contributed by atoms with Crippen molar-refractivity contribution in [2.24, 2.45) is 0 Å². The fourth-order valence-electron chi connectivity index (χ4n) is 3.13. The minimum absolute atomic E-state index is 0.143. The number of amides is 1. The Hall–Kier alpha value is -2.59. The number of likely N-dealkylation sites (tertiary alicyclic amines) is 1. The number of aromatic nitrogens is 5. The maximum Gasteiger partial charge on any atom is 0.289 e. The van der Waals surface area contributed by atoms with Gasteiger partial charge < -0.3 is 19.0 Å². The lowest BCUT2D eigenvalue weighted by molar-refractivity contribution is -0.0297. The molecule has 4 rings (SSSR count). The number of rotatable bonds is 6. The summed E-state index contributed by atoms with van der Waals surface area (Å²) >= 11 is 1.45. The fourth-order valence-corrected chi connectivity index (χ4v) is 3.81. The van der Waals surface area contributed by atoms with Crippen LogP contribution in [0.4, 0.5) is 0 Å². The predicted molar refractivity (Wildman–Crippen MR) is 97.0 cm³/mol. The van der Waals surface area contributed by atoms with E-state index in [-0.39, 0.29) is 5.91 Å². The number of aliphatic hydroxyl groups is 1. The smallest absolute Gasteiger partial charge is 0.289 e. The van der Waals surface area contributed by atoms with Crippen LogP contribution >= 0.6 is 11.8 Å². The van der Waals surface area contributed by atoms with Crippen molar-refractivity contribution in [2.75, 3.05) is 13.1 Å². The van der Waals surface area contributed by atoms with Crippen molar-refractivity contribution in [2.45, 2.75) is 35.9 Å². The first kappa shape index (κ1) is 17.8. The number of thioether (sulfide) groups is 1. The summed E-state index contributed by atoms with van der Waals surface area (Å²) in [6.07, 6.45) is 7.70. The molecule has 0 aliphatic carbocycles. The van der Waals surface area contributed by atoms with Gasteiger partial charge in [-0.1, -0.05) is 11.8 Å². The molecule has 3 aromatic heterocycles. The van der Waals surface area contributed by atoms with E-state index >= 15 is 0 Å². The van der Waals surface area contributed by atoms with Gasteiger partial charge in [-0.25, -0.2) is 9.97 Å². The molecule has 4 heterocycles. The summed E-state index contributed by atoms with van der Waals surface area (Å²) in [4.78, 5) is 22.4. The highest BCUT2D eigenvalue weighted by atomic mass is 32.2. The van der Waals surface area contributed by atoms with Crippen molar-refractivity contribution in [1.82, 2.24) is 29.6 Å². The number of H-pyrrole nitrogens is 1. The van der Waals surface area contributed by atoms with E-state index in [0.29, 0.717) is 54.9 Å². The first-order chi connectivity index (χ1) is 13.1. The average Bonchev–Trinajstić information content (AvgIpc) is 3.42. The summed E-state index contributed by atoms with van der Waals surface area (Å²) in [6.45, 7) is 1.47. The molecule has 0 aromatic carbocycles. The third-order valence-corrected chi connectivity index (χ3v) is 5.53. The lowest BCUT2D eigenvalue weighted by atomic mass is 9.91. The van der Waals surface area contributed by atoms with Crippen LogP contribution in [0.25, 0.3) is 0 Å². The molecule has 0 bridgehead atoms. The van der Waals surface area contributed by atoms with Crippen LogP contribution in [0.1, 0.15) is 29.2 Å². The molecule has 1 aliphatic heterocycles. The van der Waals surface area contributed by atoms with Crippen LogP contribution in [0.15, 0.2) is 46.8 Å². The summed E-state index contributed by atoms with van der Waals surface area (Å²) in [5, 5.41) is 18.0. The van der Waals surface area contributed by atoms with E-state index < -0.39 is 5.60 Å². The van der Waals surface area contributed by atoms with Gasteiger partial charge in [-0.3, -0.25) is 9.89 Å². The third-order valence-electron chi connectivity index (χ3n) is 4.63. The second-order valence-electron chi connectivity index (χ2n) is 6.60.